The zero-order valence-electron chi connectivity index (χ0n) is 11.4. The fourth-order valence-electron chi connectivity index (χ4n) is 2.67. The number of hydrogen-bond acceptors (Lipinski definition) is 3. The molecule has 1 fully saturated rings. The molecule has 1 aliphatic carbocycles. The minimum Gasteiger partial charge on any atom is -0.506 e. The molecule has 2 rings (SSSR count). The second kappa shape index (κ2) is 5.61. The lowest BCUT2D eigenvalue weighted by Gasteiger charge is -2.22. The third kappa shape index (κ3) is 3.47. The van der Waals surface area contributed by atoms with E-state index in [1.54, 1.807) is 6.07 Å². The van der Waals surface area contributed by atoms with E-state index < -0.39 is 0 Å². The van der Waals surface area contributed by atoms with Crippen molar-refractivity contribution in [3.8, 4) is 5.75 Å². The highest BCUT2D eigenvalue weighted by Crippen LogP contribution is 2.31. The molecule has 1 aliphatic rings. The Morgan fingerprint density at radius 2 is 2.11 bits per heavy atom. The lowest BCUT2D eigenvalue weighted by Crippen LogP contribution is -2.40. The summed E-state index contributed by atoms with van der Waals surface area (Å²) in [5.74, 6) is -0.0176. The van der Waals surface area contributed by atoms with Gasteiger partial charge >= 0.3 is 0 Å². The van der Waals surface area contributed by atoms with Gasteiger partial charge in [0, 0.05) is 12.0 Å². The number of nitrogens with two attached hydrogens (primary N) is 1. The Balaban J connectivity index is 2.02. The predicted molar refractivity (Wildman–Crippen MR) is 76.1 cm³/mol. The summed E-state index contributed by atoms with van der Waals surface area (Å²) in [5, 5.41) is 12.5. The minimum absolute atomic E-state index is 0.100. The van der Waals surface area contributed by atoms with Crippen LogP contribution in [0.1, 0.15) is 44.6 Å². The SMILES string of the molecule is CCc1ccc(O)c(NC(=O)CC2(N)CCCC2)c1. The van der Waals surface area contributed by atoms with Crippen LogP contribution in [-0.2, 0) is 11.2 Å². The van der Waals surface area contributed by atoms with Crippen LogP contribution in [0.15, 0.2) is 18.2 Å². The van der Waals surface area contributed by atoms with E-state index in [0.717, 1.165) is 37.7 Å². The van der Waals surface area contributed by atoms with Crippen LogP contribution in [0.5, 0.6) is 5.75 Å². The Morgan fingerprint density at radius 3 is 2.74 bits per heavy atom. The summed E-state index contributed by atoms with van der Waals surface area (Å²) in [6, 6.07) is 5.28. The van der Waals surface area contributed by atoms with Gasteiger partial charge in [0.25, 0.3) is 0 Å². The maximum atomic E-state index is 12.0. The van der Waals surface area contributed by atoms with Gasteiger partial charge in [-0.3, -0.25) is 4.79 Å². The van der Waals surface area contributed by atoms with E-state index in [1.807, 2.05) is 19.1 Å². The van der Waals surface area contributed by atoms with Gasteiger partial charge in [0.1, 0.15) is 5.75 Å². The molecule has 0 spiro atoms. The molecule has 0 atom stereocenters. The van der Waals surface area contributed by atoms with E-state index in [1.165, 1.54) is 0 Å². The fraction of sp³-hybridized carbons (Fsp3) is 0.533. The van der Waals surface area contributed by atoms with Crippen LogP contribution in [0.25, 0.3) is 0 Å². The van der Waals surface area contributed by atoms with Gasteiger partial charge in [0.15, 0.2) is 0 Å². The van der Waals surface area contributed by atoms with Crippen molar-refractivity contribution >= 4 is 11.6 Å². The van der Waals surface area contributed by atoms with E-state index in [0.29, 0.717) is 12.1 Å². The molecule has 0 heterocycles. The smallest absolute Gasteiger partial charge is 0.226 e. The largest absolute Gasteiger partial charge is 0.506 e. The minimum atomic E-state index is -0.359. The van der Waals surface area contributed by atoms with Gasteiger partial charge in [-0.2, -0.15) is 0 Å². The van der Waals surface area contributed by atoms with Crippen LogP contribution in [-0.4, -0.2) is 16.6 Å². The molecule has 4 heteroatoms. The number of aromatic hydroxyl groups is 1. The Bertz CT molecular complexity index is 465. The van der Waals surface area contributed by atoms with Gasteiger partial charge in [-0.05, 0) is 37.0 Å². The number of carbonyl (C=O) groups excluding carboxylic acids is 1. The topological polar surface area (TPSA) is 75.3 Å². The molecular formula is C15H22N2O2. The van der Waals surface area contributed by atoms with Crippen molar-refractivity contribution in [3.63, 3.8) is 0 Å². The summed E-state index contributed by atoms with van der Waals surface area (Å²) in [5.41, 5.74) is 7.38. The number of aryl methyl sites for hydroxylation is 1. The standard InChI is InChI=1S/C15H22N2O2/c1-2-11-5-6-13(18)12(9-11)17-14(19)10-15(16)7-3-4-8-15/h5-6,9,18H,2-4,7-8,10,16H2,1H3,(H,17,19). The monoisotopic (exact) mass is 262 g/mol. The highest BCUT2D eigenvalue weighted by Gasteiger charge is 2.31. The number of benzene rings is 1. The fourth-order valence-corrected chi connectivity index (χ4v) is 2.67. The number of phenolic OH excluding ortho intramolecular Hbond substituents is 1. The van der Waals surface area contributed by atoms with Crippen LogP contribution in [0.4, 0.5) is 5.69 Å². The molecule has 4 N–H and O–H groups in total. The number of nitrogens with one attached hydrogen (secondary N) is 1. The van der Waals surface area contributed by atoms with Crippen molar-refractivity contribution in [3.05, 3.63) is 23.8 Å². The molecule has 1 aromatic carbocycles. The molecule has 1 saturated carbocycles. The van der Waals surface area contributed by atoms with Crippen LogP contribution >= 0.6 is 0 Å². The van der Waals surface area contributed by atoms with Gasteiger partial charge < -0.3 is 16.2 Å². The first-order valence-electron chi connectivity index (χ1n) is 6.93. The van der Waals surface area contributed by atoms with Crippen molar-refractivity contribution in [1.29, 1.82) is 0 Å². The quantitative estimate of drug-likeness (QED) is 0.730. The molecule has 0 saturated heterocycles. The van der Waals surface area contributed by atoms with E-state index in [4.69, 9.17) is 5.73 Å². The summed E-state index contributed by atoms with van der Waals surface area (Å²) in [6.07, 6.45) is 5.19. The van der Waals surface area contributed by atoms with Gasteiger partial charge in [0.05, 0.1) is 5.69 Å². The summed E-state index contributed by atoms with van der Waals surface area (Å²) in [4.78, 5) is 12.0. The summed E-state index contributed by atoms with van der Waals surface area (Å²) >= 11 is 0. The van der Waals surface area contributed by atoms with Crippen molar-refractivity contribution in [1.82, 2.24) is 0 Å². The molecular weight excluding hydrogens is 240 g/mol. The van der Waals surface area contributed by atoms with E-state index >= 15 is 0 Å². The molecule has 0 unspecified atom stereocenters. The highest BCUT2D eigenvalue weighted by atomic mass is 16.3. The Morgan fingerprint density at radius 1 is 1.42 bits per heavy atom. The molecule has 0 bridgehead atoms. The normalized spacial score (nSPS) is 17.4. The number of anilines is 1. The summed E-state index contributed by atoms with van der Waals surface area (Å²) in [6.45, 7) is 2.03. The molecule has 4 nitrogen and oxygen atoms in total. The third-order valence-corrected chi connectivity index (χ3v) is 3.86. The highest BCUT2D eigenvalue weighted by molar-refractivity contribution is 5.93. The lowest BCUT2D eigenvalue weighted by molar-refractivity contribution is -0.117. The first kappa shape index (κ1) is 13.9. The molecule has 1 amide bonds. The van der Waals surface area contributed by atoms with Crippen LogP contribution in [0.3, 0.4) is 0 Å². The van der Waals surface area contributed by atoms with Crippen LogP contribution in [0, 0.1) is 0 Å². The molecule has 1 aromatic rings. The summed E-state index contributed by atoms with van der Waals surface area (Å²) < 4.78 is 0. The summed E-state index contributed by atoms with van der Waals surface area (Å²) in [7, 11) is 0. The maximum Gasteiger partial charge on any atom is 0.226 e. The van der Waals surface area contributed by atoms with Crippen LogP contribution in [0.2, 0.25) is 0 Å². The second-order valence-electron chi connectivity index (χ2n) is 5.50. The Kier molecular flexibility index (Phi) is 4.10. The number of hydrogen-bond donors (Lipinski definition) is 3. The third-order valence-electron chi connectivity index (χ3n) is 3.86. The van der Waals surface area contributed by atoms with E-state index in [2.05, 4.69) is 5.32 Å². The average Bonchev–Trinajstić information content (AvgIpc) is 2.78. The Labute approximate surface area is 114 Å². The molecule has 0 aliphatic heterocycles. The van der Waals surface area contributed by atoms with Crippen molar-refractivity contribution in [2.24, 2.45) is 5.73 Å². The van der Waals surface area contributed by atoms with Crippen molar-refractivity contribution < 1.29 is 9.90 Å². The van der Waals surface area contributed by atoms with Crippen molar-refractivity contribution in [2.45, 2.75) is 51.0 Å². The van der Waals surface area contributed by atoms with Crippen LogP contribution < -0.4 is 11.1 Å². The molecule has 0 radical (unpaired) electrons. The van der Waals surface area contributed by atoms with E-state index in [-0.39, 0.29) is 17.2 Å². The Hall–Kier alpha value is -1.55. The first-order chi connectivity index (χ1) is 9.02. The predicted octanol–water partition coefficient (Wildman–Crippen LogP) is 2.55. The first-order valence-corrected chi connectivity index (χ1v) is 6.93. The maximum absolute atomic E-state index is 12.0. The van der Waals surface area contributed by atoms with Gasteiger partial charge in [-0.15, -0.1) is 0 Å². The number of amides is 1. The number of carbonyl (C=O) groups is 1. The zero-order valence-corrected chi connectivity index (χ0v) is 11.4. The number of rotatable bonds is 4. The molecule has 19 heavy (non-hydrogen) atoms. The average molecular weight is 262 g/mol. The number of phenols is 1. The van der Waals surface area contributed by atoms with Gasteiger partial charge in [0.2, 0.25) is 5.91 Å². The van der Waals surface area contributed by atoms with Gasteiger partial charge in [-0.25, -0.2) is 0 Å². The zero-order chi connectivity index (χ0) is 13.9. The lowest BCUT2D eigenvalue weighted by atomic mass is 9.94. The van der Waals surface area contributed by atoms with Gasteiger partial charge in [-0.1, -0.05) is 25.8 Å². The molecule has 104 valence electrons. The molecule has 0 aromatic heterocycles. The van der Waals surface area contributed by atoms with Crippen molar-refractivity contribution in [2.75, 3.05) is 5.32 Å². The van der Waals surface area contributed by atoms with E-state index in [9.17, 15) is 9.90 Å². The second-order valence-corrected chi connectivity index (χ2v) is 5.50.